The predicted molar refractivity (Wildman–Crippen MR) is 88.2 cm³/mol. The van der Waals surface area contributed by atoms with Crippen molar-refractivity contribution in [3.05, 3.63) is 38.7 Å². The number of hydrogen-bond donors (Lipinski definition) is 1. The van der Waals surface area contributed by atoms with Gasteiger partial charge in [0.25, 0.3) is 11.5 Å². The molecule has 0 aromatic carbocycles. The van der Waals surface area contributed by atoms with Crippen molar-refractivity contribution in [1.29, 1.82) is 0 Å². The number of pyridine rings is 1. The third kappa shape index (κ3) is 2.96. The van der Waals surface area contributed by atoms with Crippen molar-refractivity contribution in [3.8, 4) is 0 Å². The van der Waals surface area contributed by atoms with E-state index in [0.29, 0.717) is 37.5 Å². The summed E-state index contributed by atoms with van der Waals surface area (Å²) in [5.41, 5.74) is -0.371. The Hall–Kier alpha value is -2.48. The molecule has 0 bridgehead atoms. The number of rotatable bonds is 3. The van der Waals surface area contributed by atoms with E-state index < -0.39 is 11.2 Å². The van der Waals surface area contributed by atoms with Crippen molar-refractivity contribution in [2.24, 2.45) is 0 Å². The number of H-pyrrole nitrogens is 1. The van der Waals surface area contributed by atoms with E-state index in [1.54, 1.807) is 4.90 Å². The number of carbonyl (C=O) groups is 1. The van der Waals surface area contributed by atoms with Gasteiger partial charge in [-0.2, -0.15) is 0 Å². The molecule has 0 unspecified atom stereocenters. The molecule has 0 saturated carbocycles. The van der Waals surface area contributed by atoms with Crippen LogP contribution in [-0.4, -0.2) is 51.1 Å². The molecule has 8 heteroatoms. The molecule has 1 aliphatic heterocycles. The molecule has 1 atom stereocenters. The summed E-state index contributed by atoms with van der Waals surface area (Å²) in [6.07, 6.45) is 2.14. The molecule has 2 aromatic heterocycles. The normalized spacial score (nSPS) is 18.1. The molecule has 1 amide bonds. The Bertz CT molecular complexity index is 886. The van der Waals surface area contributed by atoms with E-state index in [4.69, 9.17) is 4.74 Å². The largest absolute Gasteiger partial charge is 0.375 e. The summed E-state index contributed by atoms with van der Waals surface area (Å²) in [6.45, 7) is 5.79. The van der Waals surface area contributed by atoms with Crippen LogP contribution in [0, 0.1) is 0 Å². The van der Waals surface area contributed by atoms with Gasteiger partial charge >= 0.3 is 5.69 Å². The molecule has 1 N–H and O–H groups in total. The Kier molecular flexibility index (Phi) is 4.48. The Labute approximate surface area is 138 Å². The van der Waals surface area contributed by atoms with Gasteiger partial charge in [0.2, 0.25) is 0 Å². The van der Waals surface area contributed by atoms with E-state index >= 15 is 0 Å². The van der Waals surface area contributed by atoms with Crippen LogP contribution in [-0.2, 0) is 11.3 Å². The lowest BCUT2D eigenvalue weighted by Crippen LogP contribution is -2.44. The lowest BCUT2D eigenvalue weighted by molar-refractivity contribution is -0.0124. The molecule has 2 aromatic rings. The molecular weight excluding hydrogens is 312 g/mol. The first kappa shape index (κ1) is 16.4. The molecule has 1 aliphatic rings. The predicted octanol–water partition coefficient (Wildman–Crippen LogP) is 0.356. The number of fused-ring (bicyclic) bond motifs is 1. The van der Waals surface area contributed by atoms with Crippen LogP contribution in [0.5, 0.6) is 0 Å². The Morgan fingerprint density at radius 2 is 2.25 bits per heavy atom. The molecule has 24 heavy (non-hydrogen) atoms. The van der Waals surface area contributed by atoms with Crippen LogP contribution < -0.4 is 11.2 Å². The molecule has 3 heterocycles. The van der Waals surface area contributed by atoms with Gasteiger partial charge in [-0.25, -0.2) is 9.78 Å². The first-order chi connectivity index (χ1) is 11.5. The molecular formula is C16H20N4O4. The highest BCUT2D eigenvalue weighted by Gasteiger charge is 2.23. The smallest absolute Gasteiger partial charge is 0.329 e. The fourth-order valence-electron chi connectivity index (χ4n) is 2.90. The van der Waals surface area contributed by atoms with Crippen molar-refractivity contribution < 1.29 is 9.53 Å². The number of nitrogens with zero attached hydrogens (tertiary/aromatic N) is 3. The van der Waals surface area contributed by atoms with Crippen molar-refractivity contribution in [1.82, 2.24) is 19.4 Å². The van der Waals surface area contributed by atoms with Gasteiger partial charge in [0.15, 0.2) is 0 Å². The minimum absolute atomic E-state index is 0.0192. The minimum atomic E-state index is -0.528. The zero-order valence-electron chi connectivity index (χ0n) is 13.7. The third-order valence-corrected chi connectivity index (χ3v) is 4.06. The second-order valence-corrected chi connectivity index (χ2v) is 5.94. The quantitative estimate of drug-likeness (QED) is 0.875. The summed E-state index contributed by atoms with van der Waals surface area (Å²) in [5.74, 6) is -0.188. The van der Waals surface area contributed by atoms with Crippen LogP contribution in [0.4, 0.5) is 0 Å². The minimum Gasteiger partial charge on any atom is -0.375 e. The average molecular weight is 332 g/mol. The number of carbonyl (C=O) groups excluding carboxylic acids is 1. The van der Waals surface area contributed by atoms with Gasteiger partial charge in [-0.05, 0) is 19.4 Å². The van der Waals surface area contributed by atoms with E-state index in [0.717, 1.165) is 6.42 Å². The fourth-order valence-corrected chi connectivity index (χ4v) is 2.90. The topological polar surface area (TPSA) is 97.3 Å². The maximum Gasteiger partial charge on any atom is 0.329 e. The molecule has 8 nitrogen and oxygen atoms in total. The van der Waals surface area contributed by atoms with Crippen LogP contribution in [0.2, 0.25) is 0 Å². The van der Waals surface area contributed by atoms with Crippen molar-refractivity contribution in [2.45, 2.75) is 32.9 Å². The van der Waals surface area contributed by atoms with E-state index in [1.165, 1.54) is 16.8 Å². The molecule has 1 saturated heterocycles. The van der Waals surface area contributed by atoms with E-state index in [1.807, 2.05) is 13.8 Å². The number of morpholine rings is 1. The van der Waals surface area contributed by atoms with Crippen molar-refractivity contribution in [2.75, 3.05) is 19.7 Å². The van der Waals surface area contributed by atoms with Gasteiger partial charge in [0, 0.05) is 25.8 Å². The second-order valence-electron chi connectivity index (χ2n) is 5.94. The molecule has 0 radical (unpaired) electrons. The van der Waals surface area contributed by atoms with E-state index in [-0.39, 0.29) is 17.4 Å². The van der Waals surface area contributed by atoms with Crippen LogP contribution in [0.3, 0.4) is 0 Å². The molecule has 128 valence electrons. The number of aromatic nitrogens is 3. The number of aromatic amines is 1. The Morgan fingerprint density at radius 3 is 2.96 bits per heavy atom. The number of aryl methyl sites for hydroxylation is 1. The molecule has 0 spiro atoms. The number of ether oxygens (including phenoxy) is 1. The lowest BCUT2D eigenvalue weighted by atomic mass is 10.2. The maximum atomic E-state index is 12.6. The maximum absolute atomic E-state index is 12.6. The highest BCUT2D eigenvalue weighted by molar-refractivity contribution is 5.96. The standard InChI is InChI=1S/C16H20N4O4/c1-3-4-20-13-12(14(21)18-16(20)23)7-11(8-17-13)15(22)19-5-6-24-10(2)9-19/h7-8,10H,3-6,9H2,1-2H3,(H,18,21,23)/t10-/m0/s1. The summed E-state index contributed by atoms with van der Waals surface area (Å²) in [4.78, 5) is 44.9. The van der Waals surface area contributed by atoms with Gasteiger partial charge < -0.3 is 9.64 Å². The van der Waals surface area contributed by atoms with Crippen LogP contribution in [0.15, 0.2) is 21.9 Å². The summed E-state index contributed by atoms with van der Waals surface area (Å²) < 4.78 is 6.86. The Balaban J connectivity index is 2.04. The van der Waals surface area contributed by atoms with Crippen LogP contribution in [0.25, 0.3) is 11.0 Å². The first-order valence-electron chi connectivity index (χ1n) is 8.05. The van der Waals surface area contributed by atoms with Crippen molar-refractivity contribution >= 4 is 16.9 Å². The molecule has 1 fully saturated rings. The average Bonchev–Trinajstić information content (AvgIpc) is 2.57. The van der Waals surface area contributed by atoms with Crippen LogP contribution >= 0.6 is 0 Å². The first-order valence-corrected chi connectivity index (χ1v) is 8.05. The lowest BCUT2D eigenvalue weighted by Gasteiger charge is -2.31. The third-order valence-electron chi connectivity index (χ3n) is 4.06. The van der Waals surface area contributed by atoms with Gasteiger partial charge in [0.05, 0.1) is 23.7 Å². The van der Waals surface area contributed by atoms with Gasteiger partial charge in [-0.15, -0.1) is 0 Å². The van der Waals surface area contributed by atoms with Gasteiger partial charge in [-0.1, -0.05) is 6.92 Å². The van der Waals surface area contributed by atoms with Crippen LogP contribution in [0.1, 0.15) is 30.6 Å². The monoisotopic (exact) mass is 332 g/mol. The fraction of sp³-hybridized carbons (Fsp3) is 0.500. The van der Waals surface area contributed by atoms with Gasteiger partial charge in [0.1, 0.15) is 5.65 Å². The number of hydrogen-bond acceptors (Lipinski definition) is 5. The molecule has 0 aliphatic carbocycles. The highest BCUT2D eigenvalue weighted by Crippen LogP contribution is 2.13. The molecule has 3 rings (SSSR count). The summed E-state index contributed by atoms with van der Waals surface area (Å²) in [7, 11) is 0. The van der Waals surface area contributed by atoms with E-state index in [2.05, 4.69) is 9.97 Å². The van der Waals surface area contributed by atoms with Crippen molar-refractivity contribution in [3.63, 3.8) is 0 Å². The summed E-state index contributed by atoms with van der Waals surface area (Å²) in [6, 6.07) is 1.51. The number of amides is 1. The summed E-state index contributed by atoms with van der Waals surface area (Å²) >= 11 is 0. The van der Waals surface area contributed by atoms with Gasteiger partial charge in [-0.3, -0.25) is 19.1 Å². The zero-order chi connectivity index (χ0) is 17.3. The summed E-state index contributed by atoms with van der Waals surface area (Å²) in [5, 5.41) is 0.246. The second kappa shape index (κ2) is 6.56. The Morgan fingerprint density at radius 1 is 1.46 bits per heavy atom. The van der Waals surface area contributed by atoms with E-state index in [9.17, 15) is 14.4 Å². The highest BCUT2D eigenvalue weighted by atomic mass is 16.5. The SMILES string of the molecule is CCCn1c(=O)[nH]c(=O)c2cc(C(=O)N3CCO[C@@H](C)C3)cnc21. The number of nitrogens with one attached hydrogen (secondary N) is 1. The zero-order valence-corrected chi connectivity index (χ0v) is 13.7.